The van der Waals surface area contributed by atoms with Crippen LogP contribution in [0.2, 0.25) is 0 Å². The van der Waals surface area contributed by atoms with Crippen LogP contribution in [0.1, 0.15) is 146 Å². The molecule has 0 unspecified atom stereocenters. The zero-order chi connectivity index (χ0) is 26.5. The SMILES string of the molecule is CCCCCCCCCCCCCCCCCCOC(=O)OOOC(=O)c1ccc(C(C)(C)C)cc1. The molecule has 6 heteroatoms. The van der Waals surface area contributed by atoms with Crippen LogP contribution in [0.15, 0.2) is 24.3 Å². The van der Waals surface area contributed by atoms with Gasteiger partial charge in [-0.25, -0.2) is 14.5 Å². The number of carbonyl (C=O) groups excluding carboxylic acids is 2. The molecule has 0 spiro atoms. The molecule has 206 valence electrons. The summed E-state index contributed by atoms with van der Waals surface area (Å²) in [7, 11) is 0. The Morgan fingerprint density at radius 1 is 0.639 bits per heavy atom. The van der Waals surface area contributed by atoms with Crippen LogP contribution in [0, 0.1) is 0 Å². The van der Waals surface area contributed by atoms with Gasteiger partial charge < -0.3 is 4.74 Å². The van der Waals surface area contributed by atoms with E-state index < -0.39 is 12.1 Å². The van der Waals surface area contributed by atoms with Crippen molar-refractivity contribution in [3.8, 4) is 0 Å². The highest BCUT2D eigenvalue weighted by molar-refractivity contribution is 5.88. The van der Waals surface area contributed by atoms with E-state index in [0.717, 1.165) is 24.8 Å². The lowest BCUT2D eigenvalue weighted by Gasteiger charge is -2.18. The van der Waals surface area contributed by atoms with Gasteiger partial charge in [-0.1, -0.05) is 136 Å². The quantitative estimate of drug-likeness (QED) is 0.0759. The predicted octanol–water partition coefficient (Wildman–Crippen LogP) is 9.40. The van der Waals surface area contributed by atoms with Gasteiger partial charge in [0.15, 0.2) is 0 Å². The Labute approximate surface area is 219 Å². The van der Waals surface area contributed by atoms with Crippen molar-refractivity contribution in [3.05, 3.63) is 35.4 Å². The second-order valence-corrected chi connectivity index (χ2v) is 10.8. The van der Waals surface area contributed by atoms with Crippen LogP contribution in [0.5, 0.6) is 0 Å². The largest absolute Gasteiger partial charge is 0.543 e. The Bertz CT molecular complexity index is 692. The van der Waals surface area contributed by atoms with E-state index in [-0.39, 0.29) is 12.0 Å². The normalized spacial score (nSPS) is 11.3. The topological polar surface area (TPSA) is 71.1 Å². The molecule has 0 saturated heterocycles. The molecule has 0 aliphatic heterocycles. The molecule has 1 aromatic rings. The van der Waals surface area contributed by atoms with Crippen molar-refractivity contribution in [3.63, 3.8) is 0 Å². The predicted molar refractivity (Wildman–Crippen MR) is 144 cm³/mol. The van der Waals surface area contributed by atoms with E-state index in [0.29, 0.717) is 5.56 Å². The molecule has 0 saturated carbocycles. The number of rotatable bonds is 20. The minimum atomic E-state index is -1.02. The Morgan fingerprint density at radius 3 is 1.53 bits per heavy atom. The first kappa shape index (κ1) is 31.9. The van der Waals surface area contributed by atoms with Gasteiger partial charge in [-0.3, -0.25) is 4.89 Å². The third-order valence-corrected chi connectivity index (χ3v) is 6.42. The summed E-state index contributed by atoms with van der Waals surface area (Å²) >= 11 is 0. The van der Waals surface area contributed by atoms with Gasteiger partial charge in [-0.15, -0.1) is 0 Å². The molecule has 0 bridgehead atoms. The number of carbonyl (C=O) groups is 2. The van der Waals surface area contributed by atoms with Gasteiger partial charge in [-0.2, -0.15) is 0 Å². The van der Waals surface area contributed by atoms with Crippen LogP contribution in [-0.4, -0.2) is 18.7 Å². The lowest BCUT2D eigenvalue weighted by molar-refractivity contribution is -0.452. The van der Waals surface area contributed by atoms with E-state index in [1.165, 1.54) is 83.5 Å². The maximum absolute atomic E-state index is 11.9. The molecule has 0 fully saturated rings. The zero-order valence-corrected chi connectivity index (χ0v) is 23.3. The fourth-order valence-corrected chi connectivity index (χ4v) is 4.06. The lowest BCUT2D eigenvalue weighted by Crippen LogP contribution is -2.14. The van der Waals surface area contributed by atoms with E-state index in [1.807, 2.05) is 12.1 Å². The van der Waals surface area contributed by atoms with E-state index in [4.69, 9.17) is 4.74 Å². The van der Waals surface area contributed by atoms with Crippen LogP contribution in [-0.2, 0) is 25.0 Å². The molecule has 0 atom stereocenters. The molecule has 6 nitrogen and oxygen atoms in total. The molecular weight excluding hydrogens is 456 g/mol. The molecule has 0 aliphatic carbocycles. The summed E-state index contributed by atoms with van der Waals surface area (Å²) in [5, 5.41) is 4.27. The fraction of sp³-hybridized carbons (Fsp3) is 0.733. The number of ether oxygens (including phenoxy) is 1. The maximum Gasteiger partial charge on any atom is 0.543 e. The monoisotopic (exact) mass is 506 g/mol. The first-order valence-electron chi connectivity index (χ1n) is 14.2. The molecule has 0 N–H and O–H groups in total. The maximum atomic E-state index is 11.9. The standard InChI is InChI=1S/C30H50O6/c1-5-6-7-8-9-10-11-12-13-14-15-16-17-18-19-20-25-33-29(32)35-36-34-28(31)26-21-23-27(24-22-26)30(2,3)4/h21-24H,5-20,25H2,1-4H3. The molecule has 1 rings (SSSR count). The molecule has 0 amide bonds. The van der Waals surface area contributed by atoms with Crippen molar-refractivity contribution >= 4 is 12.1 Å². The second-order valence-electron chi connectivity index (χ2n) is 10.8. The molecule has 1 aromatic carbocycles. The Morgan fingerprint density at radius 2 is 1.08 bits per heavy atom. The Hall–Kier alpha value is -2.08. The average molecular weight is 507 g/mol. The summed E-state index contributed by atoms with van der Waals surface area (Å²) in [6.45, 7) is 8.78. The molecule has 0 aromatic heterocycles. The van der Waals surface area contributed by atoms with Gasteiger partial charge in [0.25, 0.3) is 0 Å². The van der Waals surface area contributed by atoms with Crippen molar-refractivity contribution in [1.29, 1.82) is 0 Å². The van der Waals surface area contributed by atoms with Crippen LogP contribution in [0.25, 0.3) is 0 Å². The highest BCUT2D eigenvalue weighted by Gasteiger charge is 2.16. The van der Waals surface area contributed by atoms with Gasteiger partial charge in [0.1, 0.15) is 0 Å². The smallest absolute Gasteiger partial charge is 0.432 e. The Balaban J connectivity index is 1.89. The first-order chi connectivity index (χ1) is 17.3. The van der Waals surface area contributed by atoms with Crippen LogP contribution >= 0.6 is 0 Å². The molecular formula is C30H50O6. The number of hydrogen-bond acceptors (Lipinski definition) is 6. The van der Waals surface area contributed by atoms with Gasteiger partial charge >= 0.3 is 12.1 Å². The molecule has 0 heterocycles. The van der Waals surface area contributed by atoms with Crippen molar-refractivity contribution in [2.24, 2.45) is 0 Å². The molecule has 0 radical (unpaired) electrons. The van der Waals surface area contributed by atoms with E-state index >= 15 is 0 Å². The number of hydrogen-bond donors (Lipinski definition) is 0. The Kier molecular flexibility index (Phi) is 17.8. The van der Waals surface area contributed by atoms with Crippen molar-refractivity contribution in [2.45, 2.75) is 136 Å². The second kappa shape index (κ2) is 20.0. The van der Waals surface area contributed by atoms with Crippen molar-refractivity contribution in [2.75, 3.05) is 6.61 Å². The number of benzene rings is 1. The first-order valence-corrected chi connectivity index (χ1v) is 14.2. The highest BCUT2D eigenvalue weighted by Crippen LogP contribution is 2.22. The summed E-state index contributed by atoms with van der Waals surface area (Å²) in [6.07, 6.45) is 19.6. The van der Waals surface area contributed by atoms with Gasteiger partial charge in [0.05, 0.1) is 17.2 Å². The van der Waals surface area contributed by atoms with Gasteiger partial charge in [0.2, 0.25) is 0 Å². The summed E-state index contributed by atoms with van der Waals surface area (Å²) in [5.41, 5.74) is 1.38. The summed E-state index contributed by atoms with van der Waals surface area (Å²) in [6, 6.07) is 6.98. The van der Waals surface area contributed by atoms with Crippen molar-refractivity contribution < 1.29 is 29.1 Å². The van der Waals surface area contributed by atoms with Crippen molar-refractivity contribution in [1.82, 2.24) is 0 Å². The lowest BCUT2D eigenvalue weighted by atomic mass is 9.87. The zero-order valence-electron chi connectivity index (χ0n) is 23.3. The van der Waals surface area contributed by atoms with Gasteiger partial charge in [0, 0.05) is 0 Å². The minimum Gasteiger partial charge on any atom is -0.432 e. The highest BCUT2D eigenvalue weighted by atomic mass is 17.5. The van der Waals surface area contributed by atoms with Crippen LogP contribution in [0.4, 0.5) is 4.79 Å². The fourth-order valence-electron chi connectivity index (χ4n) is 4.06. The summed E-state index contributed by atoms with van der Waals surface area (Å²) < 4.78 is 4.92. The van der Waals surface area contributed by atoms with E-state index in [1.54, 1.807) is 12.1 Å². The van der Waals surface area contributed by atoms with E-state index in [9.17, 15) is 9.59 Å². The average Bonchev–Trinajstić information content (AvgIpc) is 2.85. The number of unbranched alkanes of at least 4 members (excludes halogenated alkanes) is 15. The summed E-state index contributed by atoms with van der Waals surface area (Å²) in [5.74, 6) is -0.749. The molecule has 0 aliphatic rings. The third kappa shape index (κ3) is 16.6. The van der Waals surface area contributed by atoms with Crippen LogP contribution < -0.4 is 0 Å². The van der Waals surface area contributed by atoms with Gasteiger partial charge in [-0.05, 0) is 29.5 Å². The van der Waals surface area contributed by atoms with E-state index in [2.05, 4.69) is 42.5 Å². The minimum absolute atomic E-state index is 0.0157. The summed E-state index contributed by atoms with van der Waals surface area (Å²) in [4.78, 5) is 32.3. The third-order valence-electron chi connectivity index (χ3n) is 6.42. The molecule has 36 heavy (non-hydrogen) atoms. The van der Waals surface area contributed by atoms with Crippen LogP contribution in [0.3, 0.4) is 0 Å².